The number of halogens is 2. The Hall–Kier alpha value is -1.80. The van der Waals surface area contributed by atoms with Crippen molar-refractivity contribution < 1.29 is 13.2 Å². The van der Waals surface area contributed by atoms with E-state index in [1.807, 2.05) is 0 Å². The van der Waals surface area contributed by atoms with Crippen LogP contribution >= 0.6 is 23.2 Å². The number of nitrogens with two attached hydrogens (primary N) is 1. The second-order valence-corrected chi connectivity index (χ2v) is 7.08. The lowest BCUT2D eigenvalue weighted by atomic mass is 10.2. The third kappa shape index (κ3) is 4.59. The first-order valence-corrected chi connectivity index (χ1v) is 8.62. The van der Waals surface area contributed by atoms with Gasteiger partial charge in [-0.1, -0.05) is 41.4 Å². The van der Waals surface area contributed by atoms with Crippen LogP contribution in [0.25, 0.3) is 0 Å². The quantitative estimate of drug-likeness (QED) is 0.750. The Balaban J connectivity index is 2.12. The number of carbonyl (C=O) groups excluding carboxylic acids is 1. The van der Waals surface area contributed by atoms with Crippen LogP contribution in [0.2, 0.25) is 10.0 Å². The van der Waals surface area contributed by atoms with Gasteiger partial charge in [0.2, 0.25) is 10.0 Å². The Labute approximate surface area is 143 Å². The van der Waals surface area contributed by atoms with Crippen molar-refractivity contribution in [1.82, 2.24) is 4.72 Å². The largest absolute Gasteiger partial charge is 0.351 e. The lowest BCUT2D eigenvalue weighted by Gasteiger charge is -2.10. The van der Waals surface area contributed by atoms with Crippen LogP contribution < -0.4 is 15.8 Å². The van der Waals surface area contributed by atoms with Crippen LogP contribution in [0, 0.1) is 0 Å². The van der Waals surface area contributed by atoms with Gasteiger partial charge in [0.1, 0.15) is 4.90 Å². The SMILES string of the molecule is NC(=O)Nc1ccc(CNS(=O)(=O)c2c(Cl)cccc2Cl)cc1. The summed E-state index contributed by atoms with van der Waals surface area (Å²) in [6, 6.07) is 10.3. The Morgan fingerprint density at radius 2 is 1.61 bits per heavy atom. The average Bonchev–Trinajstić information content (AvgIpc) is 2.45. The number of hydrogen-bond donors (Lipinski definition) is 3. The van der Waals surface area contributed by atoms with Gasteiger partial charge in [0.05, 0.1) is 10.0 Å². The average molecular weight is 374 g/mol. The van der Waals surface area contributed by atoms with Crippen LogP contribution in [0.5, 0.6) is 0 Å². The number of urea groups is 1. The number of amides is 2. The molecule has 0 aliphatic heterocycles. The number of nitrogens with one attached hydrogen (secondary N) is 2. The molecule has 6 nitrogen and oxygen atoms in total. The molecule has 0 spiro atoms. The monoisotopic (exact) mass is 373 g/mol. The highest BCUT2D eigenvalue weighted by molar-refractivity contribution is 7.89. The molecule has 0 aliphatic carbocycles. The van der Waals surface area contributed by atoms with Crippen LogP contribution in [0.1, 0.15) is 5.56 Å². The molecule has 23 heavy (non-hydrogen) atoms. The van der Waals surface area contributed by atoms with E-state index < -0.39 is 16.1 Å². The number of carbonyl (C=O) groups is 1. The van der Waals surface area contributed by atoms with E-state index in [-0.39, 0.29) is 21.5 Å². The zero-order valence-electron chi connectivity index (χ0n) is 11.7. The molecule has 0 saturated heterocycles. The van der Waals surface area contributed by atoms with Gasteiger partial charge in [0, 0.05) is 12.2 Å². The minimum atomic E-state index is -3.85. The second kappa shape index (κ2) is 7.18. The maximum Gasteiger partial charge on any atom is 0.316 e. The molecule has 0 heterocycles. The Morgan fingerprint density at radius 1 is 1.04 bits per heavy atom. The highest BCUT2D eigenvalue weighted by atomic mass is 35.5. The number of benzene rings is 2. The first-order chi connectivity index (χ1) is 10.8. The van der Waals surface area contributed by atoms with Gasteiger partial charge in [-0.25, -0.2) is 17.9 Å². The summed E-state index contributed by atoms with van der Waals surface area (Å²) in [6.45, 7) is 0.0424. The Kier molecular flexibility index (Phi) is 5.48. The van der Waals surface area contributed by atoms with Gasteiger partial charge in [-0.15, -0.1) is 0 Å². The molecule has 2 rings (SSSR count). The Bertz CT molecular complexity index is 803. The molecule has 0 fully saturated rings. The first-order valence-electron chi connectivity index (χ1n) is 6.38. The van der Waals surface area contributed by atoms with Crippen molar-refractivity contribution in [2.45, 2.75) is 11.4 Å². The standard InChI is InChI=1S/C14H13Cl2N3O3S/c15-11-2-1-3-12(16)13(11)23(21,22)18-8-9-4-6-10(7-5-9)19-14(17)20/h1-7,18H,8H2,(H3,17,19,20). The van der Waals surface area contributed by atoms with E-state index in [1.54, 1.807) is 30.3 Å². The topological polar surface area (TPSA) is 101 Å². The number of sulfonamides is 1. The lowest BCUT2D eigenvalue weighted by Crippen LogP contribution is -2.24. The summed E-state index contributed by atoms with van der Waals surface area (Å²) < 4.78 is 27.0. The van der Waals surface area contributed by atoms with Crippen LogP contribution in [-0.2, 0) is 16.6 Å². The summed E-state index contributed by atoms with van der Waals surface area (Å²) in [5.74, 6) is 0. The minimum Gasteiger partial charge on any atom is -0.351 e. The zero-order chi connectivity index (χ0) is 17.0. The third-order valence-electron chi connectivity index (χ3n) is 2.88. The van der Waals surface area contributed by atoms with Crippen LogP contribution in [-0.4, -0.2) is 14.4 Å². The third-order valence-corrected chi connectivity index (χ3v) is 5.23. The van der Waals surface area contributed by atoms with Crippen molar-refractivity contribution >= 4 is 44.9 Å². The zero-order valence-corrected chi connectivity index (χ0v) is 14.0. The molecule has 0 unspecified atom stereocenters. The van der Waals surface area contributed by atoms with Gasteiger partial charge in [-0.2, -0.15) is 0 Å². The predicted molar refractivity (Wildman–Crippen MR) is 90.1 cm³/mol. The summed E-state index contributed by atoms with van der Waals surface area (Å²) in [4.78, 5) is 10.6. The summed E-state index contributed by atoms with van der Waals surface area (Å²) in [5, 5.41) is 2.50. The summed E-state index contributed by atoms with van der Waals surface area (Å²) in [7, 11) is -3.85. The van der Waals surface area contributed by atoms with Gasteiger partial charge < -0.3 is 11.1 Å². The minimum absolute atomic E-state index is 0.0424. The van der Waals surface area contributed by atoms with Gasteiger partial charge >= 0.3 is 6.03 Å². The molecular weight excluding hydrogens is 361 g/mol. The molecule has 0 aliphatic rings. The summed E-state index contributed by atoms with van der Waals surface area (Å²) in [6.07, 6.45) is 0. The fraction of sp³-hybridized carbons (Fsp3) is 0.0714. The molecule has 4 N–H and O–H groups in total. The normalized spacial score (nSPS) is 11.2. The van der Waals surface area contributed by atoms with Crippen LogP contribution in [0.3, 0.4) is 0 Å². The van der Waals surface area contributed by atoms with Gasteiger partial charge in [-0.05, 0) is 29.8 Å². The van der Waals surface area contributed by atoms with E-state index in [4.69, 9.17) is 28.9 Å². The van der Waals surface area contributed by atoms with Crippen molar-refractivity contribution in [3.8, 4) is 0 Å². The summed E-state index contributed by atoms with van der Waals surface area (Å²) >= 11 is 11.8. The summed E-state index contributed by atoms with van der Waals surface area (Å²) in [5.41, 5.74) is 6.20. The molecule has 0 saturated carbocycles. The van der Waals surface area contributed by atoms with Gasteiger partial charge in [0.25, 0.3) is 0 Å². The predicted octanol–water partition coefficient (Wildman–Crippen LogP) is 2.96. The lowest BCUT2D eigenvalue weighted by molar-refractivity contribution is 0.259. The molecule has 0 bridgehead atoms. The Morgan fingerprint density at radius 3 is 2.13 bits per heavy atom. The molecule has 2 aromatic rings. The smallest absolute Gasteiger partial charge is 0.316 e. The first kappa shape index (κ1) is 17.6. The van der Waals surface area contributed by atoms with E-state index in [9.17, 15) is 13.2 Å². The van der Waals surface area contributed by atoms with E-state index in [1.165, 1.54) is 12.1 Å². The fourth-order valence-corrected chi connectivity index (χ4v) is 4.00. The molecular formula is C14H13Cl2N3O3S. The maximum absolute atomic E-state index is 12.3. The number of primary amides is 1. The van der Waals surface area contributed by atoms with Crippen molar-refractivity contribution in [2.24, 2.45) is 5.73 Å². The maximum atomic E-state index is 12.3. The molecule has 2 amide bonds. The van der Waals surface area contributed by atoms with Crippen molar-refractivity contribution in [1.29, 1.82) is 0 Å². The highest BCUT2D eigenvalue weighted by Gasteiger charge is 2.21. The second-order valence-electron chi connectivity index (χ2n) is 4.56. The fourth-order valence-electron chi connectivity index (χ4n) is 1.84. The number of hydrogen-bond acceptors (Lipinski definition) is 3. The highest BCUT2D eigenvalue weighted by Crippen LogP contribution is 2.28. The van der Waals surface area contributed by atoms with E-state index in [0.717, 1.165) is 0 Å². The molecule has 0 aromatic heterocycles. The number of anilines is 1. The molecule has 122 valence electrons. The number of rotatable bonds is 5. The van der Waals surface area contributed by atoms with Crippen molar-refractivity contribution in [3.63, 3.8) is 0 Å². The van der Waals surface area contributed by atoms with Crippen LogP contribution in [0.15, 0.2) is 47.4 Å². The van der Waals surface area contributed by atoms with E-state index >= 15 is 0 Å². The van der Waals surface area contributed by atoms with E-state index in [2.05, 4.69) is 10.0 Å². The molecule has 9 heteroatoms. The molecule has 0 radical (unpaired) electrons. The van der Waals surface area contributed by atoms with Gasteiger partial charge in [0.15, 0.2) is 0 Å². The van der Waals surface area contributed by atoms with Gasteiger partial charge in [-0.3, -0.25) is 0 Å². The van der Waals surface area contributed by atoms with Crippen molar-refractivity contribution in [2.75, 3.05) is 5.32 Å². The molecule has 0 atom stereocenters. The van der Waals surface area contributed by atoms with E-state index in [0.29, 0.717) is 11.3 Å². The van der Waals surface area contributed by atoms with Crippen molar-refractivity contribution in [3.05, 3.63) is 58.1 Å². The van der Waals surface area contributed by atoms with Crippen LogP contribution in [0.4, 0.5) is 10.5 Å². The molecule has 2 aromatic carbocycles.